The van der Waals surface area contributed by atoms with E-state index in [1.54, 1.807) is 0 Å². The number of rotatable bonds is 3. The molecular formula is C15H16BrN3O2. The Hall–Kier alpha value is -1.40. The largest absolute Gasteiger partial charge is 0.453 e. The maximum Gasteiger partial charge on any atom is 0.255 e. The van der Waals surface area contributed by atoms with Gasteiger partial charge in [0.15, 0.2) is 4.67 Å². The molecule has 2 aromatic rings. The van der Waals surface area contributed by atoms with Crippen molar-refractivity contribution in [2.24, 2.45) is 0 Å². The molecule has 0 saturated heterocycles. The van der Waals surface area contributed by atoms with E-state index < -0.39 is 0 Å². The van der Waals surface area contributed by atoms with Gasteiger partial charge < -0.3 is 9.40 Å². The molecule has 0 unspecified atom stereocenters. The van der Waals surface area contributed by atoms with Gasteiger partial charge in [-0.3, -0.25) is 9.69 Å². The Morgan fingerprint density at radius 1 is 1.43 bits per heavy atom. The normalized spacial score (nSPS) is 18.7. The maximum absolute atomic E-state index is 12.3. The highest BCUT2D eigenvalue weighted by Crippen LogP contribution is 2.37. The van der Waals surface area contributed by atoms with Crippen molar-refractivity contribution in [3.05, 3.63) is 50.0 Å². The molecule has 1 N–H and O–H groups in total. The molecule has 21 heavy (non-hydrogen) atoms. The first-order chi connectivity index (χ1) is 10.2. The van der Waals surface area contributed by atoms with Crippen molar-refractivity contribution in [2.45, 2.75) is 38.3 Å². The number of halogens is 1. The second kappa shape index (κ2) is 5.10. The van der Waals surface area contributed by atoms with Crippen molar-refractivity contribution >= 4 is 15.9 Å². The van der Waals surface area contributed by atoms with E-state index in [2.05, 4.69) is 30.8 Å². The van der Waals surface area contributed by atoms with Gasteiger partial charge in [0.25, 0.3) is 5.56 Å². The summed E-state index contributed by atoms with van der Waals surface area (Å²) in [5.41, 5.74) is 1.83. The Morgan fingerprint density at radius 3 is 3.00 bits per heavy atom. The van der Waals surface area contributed by atoms with Gasteiger partial charge in [-0.15, -0.1) is 0 Å². The highest BCUT2D eigenvalue weighted by atomic mass is 79.9. The predicted octanol–water partition coefficient (Wildman–Crippen LogP) is 2.56. The molecule has 0 bridgehead atoms. The first-order valence-corrected chi connectivity index (χ1v) is 8.07. The number of hydrogen-bond donors (Lipinski definition) is 1. The maximum atomic E-state index is 12.3. The van der Waals surface area contributed by atoms with Gasteiger partial charge >= 0.3 is 0 Å². The molecule has 110 valence electrons. The van der Waals surface area contributed by atoms with Crippen LogP contribution in [0.5, 0.6) is 0 Å². The van der Waals surface area contributed by atoms with Gasteiger partial charge in [0.2, 0.25) is 0 Å². The lowest BCUT2D eigenvalue weighted by Gasteiger charge is -2.26. The summed E-state index contributed by atoms with van der Waals surface area (Å²) in [6.45, 7) is 2.27. The van der Waals surface area contributed by atoms with Crippen LogP contribution in [0.2, 0.25) is 0 Å². The van der Waals surface area contributed by atoms with E-state index in [4.69, 9.17) is 4.42 Å². The Bertz CT molecular complexity index is 733. The van der Waals surface area contributed by atoms with Crippen LogP contribution >= 0.6 is 15.9 Å². The van der Waals surface area contributed by atoms with E-state index in [0.29, 0.717) is 12.5 Å². The summed E-state index contributed by atoms with van der Waals surface area (Å²) in [5, 5.41) is 0. The summed E-state index contributed by atoms with van der Waals surface area (Å²) in [7, 11) is 0. The van der Waals surface area contributed by atoms with Crippen molar-refractivity contribution in [3.8, 4) is 0 Å². The summed E-state index contributed by atoms with van der Waals surface area (Å²) in [6, 6.07) is 3.85. The molecule has 0 atom stereocenters. The van der Waals surface area contributed by atoms with Gasteiger partial charge in [-0.2, -0.15) is 0 Å². The Labute approximate surface area is 130 Å². The van der Waals surface area contributed by atoms with Crippen LogP contribution in [0, 0.1) is 0 Å². The zero-order valence-corrected chi connectivity index (χ0v) is 13.1. The average Bonchev–Trinajstić information content (AvgIpc) is 3.24. The molecule has 2 aliphatic rings. The third-order valence-electron chi connectivity index (χ3n) is 4.14. The lowest BCUT2D eigenvalue weighted by atomic mass is 10.1. The zero-order valence-electron chi connectivity index (χ0n) is 11.6. The summed E-state index contributed by atoms with van der Waals surface area (Å²) in [4.78, 5) is 22.1. The first kappa shape index (κ1) is 13.3. The molecule has 0 radical (unpaired) electrons. The lowest BCUT2D eigenvalue weighted by Crippen LogP contribution is -2.35. The predicted molar refractivity (Wildman–Crippen MR) is 81.1 cm³/mol. The van der Waals surface area contributed by atoms with Crippen LogP contribution in [0.4, 0.5) is 0 Å². The van der Waals surface area contributed by atoms with Crippen LogP contribution in [0.15, 0.2) is 26.0 Å². The molecule has 3 heterocycles. The monoisotopic (exact) mass is 349 g/mol. The van der Waals surface area contributed by atoms with Gasteiger partial charge in [-0.25, -0.2) is 4.98 Å². The van der Waals surface area contributed by atoms with E-state index in [1.807, 2.05) is 12.1 Å². The van der Waals surface area contributed by atoms with E-state index in [9.17, 15) is 4.79 Å². The molecule has 6 heteroatoms. The summed E-state index contributed by atoms with van der Waals surface area (Å²) >= 11 is 3.31. The standard InChI is InChI=1S/C15H16BrN3O2/c16-13-4-3-10(21-13)7-19-6-5-12-11(8-19)15(20)18-14(17-12)9-1-2-9/h3-4,9H,1-2,5-8H2,(H,17,18,20). The molecule has 0 aromatic carbocycles. The molecule has 0 spiro atoms. The van der Waals surface area contributed by atoms with Crippen LogP contribution in [0.25, 0.3) is 0 Å². The summed E-state index contributed by atoms with van der Waals surface area (Å²) in [5.74, 6) is 2.29. The van der Waals surface area contributed by atoms with Crippen molar-refractivity contribution in [3.63, 3.8) is 0 Å². The molecule has 1 fully saturated rings. The second-order valence-electron chi connectivity index (χ2n) is 5.82. The van der Waals surface area contributed by atoms with Gasteiger partial charge in [-0.05, 0) is 40.9 Å². The van der Waals surface area contributed by atoms with Crippen LogP contribution in [-0.2, 0) is 19.5 Å². The fraction of sp³-hybridized carbons (Fsp3) is 0.467. The number of furan rings is 1. The summed E-state index contributed by atoms with van der Waals surface area (Å²) < 4.78 is 6.28. The molecular weight excluding hydrogens is 334 g/mol. The van der Waals surface area contributed by atoms with Crippen molar-refractivity contribution in [2.75, 3.05) is 6.54 Å². The fourth-order valence-corrected chi connectivity index (χ4v) is 3.18. The zero-order chi connectivity index (χ0) is 14.4. The van der Waals surface area contributed by atoms with Crippen molar-refractivity contribution in [1.29, 1.82) is 0 Å². The number of nitrogens with one attached hydrogen (secondary N) is 1. The lowest BCUT2D eigenvalue weighted by molar-refractivity contribution is 0.221. The van der Waals surface area contributed by atoms with E-state index >= 15 is 0 Å². The van der Waals surface area contributed by atoms with E-state index in [1.165, 1.54) is 0 Å². The third-order valence-corrected chi connectivity index (χ3v) is 4.56. The third kappa shape index (κ3) is 2.70. The van der Waals surface area contributed by atoms with Gasteiger partial charge in [-0.1, -0.05) is 0 Å². The number of hydrogen-bond acceptors (Lipinski definition) is 4. The smallest absolute Gasteiger partial charge is 0.255 e. The van der Waals surface area contributed by atoms with Crippen LogP contribution in [0.1, 0.15) is 41.6 Å². The molecule has 1 aliphatic heterocycles. The fourth-order valence-electron chi connectivity index (χ4n) is 2.84. The summed E-state index contributed by atoms with van der Waals surface area (Å²) in [6.07, 6.45) is 3.14. The van der Waals surface area contributed by atoms with Gasteiger partial charge in [0, 0.05) is 25.4 Å². The average molecular weight is 350 g/mol. The van der Waals surface area contributed by atoms with Crippen LogP contribution < -0.4 is 5.56 Å². The Balaban J connectivity index is 1.55. The molecule has 1 aliphatic carbocycles. The van der Waals surface area contributed by atoms with Gasteiger partial charge in [0.05, 0.1) is 17.8 Å². The quantitative estimate of drug-likeness (QED) is 0.924. The first-order valence-electron chi connectivity index (χ1n) is 7.27. The number of fused-ring (bicyclic) bond motifs is 1. The SMILES string of the molecule is O=c1[nH]c(C2CC2)nc2c1CN(Cc1ccc(Br)o1)CC2. The van der Waals surface area contributed by atoms with Crippen molar-refractivity contribution in [1.82, 2.24) is 14.9 Å². The number of aromatic nitrogens is 2. The number of aromatic amines is 1. The van der Waals surface area contributed by atoms with Crippen molar-refractivity contribution < 1.29 is 4.42 Å². The molecule has 4 rings (SSSR count). The van der Waals surface area contributed by atoms with E-state index in [0.717, 1.165) is 59.9 Å². The number of H-pyrrole nitrogens is 1. The van der Waals surface area contributed by atoms with Gasteiger partial charge in [0.1, 0.15) is 11.6 Å². The number of nitrogens with zero attached hydrogens (tertiary/aromatic N) is 2. The topological polar surface area (TPSA) is 62.1 Å². The molecule has 0 amide bonds. The highest BCUT2D eigenvalue weighted by molar-refractivity contribution is 9.10. The second-order valence-corrected chi connectivity index (χ2v) is 6.60. The molecule has 1 saturated carbocycles. The van der Waals surface area contributed by atoms with Crippen LogP contribution in [-0.4, -0.2) is 21.4 Å². The highest BCUT2D eigenvalue weighted by Gasteiger charge is 2.29. The Kier molecular flexibility index (Phi) is 3.23. The van der Waals surface area contributed by atoms with E-state index in [-0.39, 0.29) is 5.56 Å². The minimum absolute atomic E-state index is 0.0345. The molecule has 5 nitrogen and oxygen atoms in total. The van der Waals surface area contributed by atoms with Crippen LogP contribution in [0.3, 0.4) is 0 Å². The molecule has 2 aromatic heterocycles. The minimum Gasteiger partial charge on any atom is -0.453 e. The minimum atomic E-state index is 0.0345. The Morgan fingerprint density at radius 2 is 2.29 bits per heavy atom.